The predicted octanol–water partition coefficient (Wildman–Crippen LogP) is 2.89. The number of rotatable bonds is 2. The molecule has 6 nitrogen and oxygen atoms in total. The molecular weight excluding hydrogens is 306 g/mol. The van der Waals surface area contributed by atoms with E-state index < -0.39 is 0 Å². The molecule has 0 atom stereocenters. The Morgan fingerprint density at radius 3 is 2.75 bits per heavy atom. The molecule has 0 saturated carbocycles. The van der Waals surface area contributed by atoms with Crippen molar-refractivity contribution in [2.24, 2.45) is 0 Å². The van der Waals surface area contributed by atoms with Gasteiger partial charge in [0.05, 0.1) is 17.3 Å². The standard InChI is InChI=1S/C18H13N3O3/c19-11-12-1-3-15(22)14(9-12)21-6-5-20-18(21)13-2-4-16-17(10-13)24-8-7-23-16/h1-6,9-10,22H,7-8H2. The van der Waals surface area contributed by atoms with Gasteiger partial charge in [-0.2, -0.15) is 5.26 Å². The zero-order chi connectivity index (χ0) is 16.5. The quantitative estimate of drug-likeness (QED) is 0.785. The second kappa shape index (κ2) is 5.63. The lowest BCUT2D eigenvalue weighted by Gasteiger charge is -2.19. The Morgan fingerprint density at radius 2 is 1.92 bits per heavy atom. The van der Waals surface area contributed by atoms with E-state index in [-0.39, 0.29) is 5.75 Å². The fraction of sp³-hybridized carbons (Fsp3) is 0.111. The van der Waals surface area contributed by atoms with Gasteiger partial charge in [-0.1, -0.05) is 0 Å². The summed E-state index contributed by atoms with van der Waals surface area (Å²) >= 11 is 0. The number of phenolic OH excluding ortho intramolecular Hbond substituents is 1. The first kappa shape index (κ1) is 14.2. The molecule has 0 saturated heterocycles. The fourth-order valence-corrected chi connectivity index (χ4v) is 2.68. The summed E-state index contributed by atoms with van der Waals surface area (Å²) in [7, 11) is 0. The van der Waals surface area contributed by atoms with E-state index in [4.69, 9.17) is 14.7 Å². The number of hydrogen-bond acceptors (Lipinski definition) is 5. The second-order valence-electron chi connectivity index (χ2n) is 5.29. The van der Waals surface area contributed by atoms with Crippen LogP contribution in [0, 0.1) is 11.3 Å². The third-order valence-electron chi connectivity index (χ3n) is 3.81. The second-order valence-corrected chi connectivity index (χ2v) is 5.29. The first-order valence-corrected chi connectivity index (χ1v) is 7.43. The van der Waals surface area contributed by atoms with E-state index in [0.29, 0.717) is 41.8 Å². The fourth-order valence-electron chi connectivity index (χ4n) is 2.68. The average Bonchev–Trinajstić information content (AvgIpc) is 3.11. The Hall–Kier alpha value is -3.46. The largest absolute Gasteiger partial charge is 0.506 e. The van der Waals surface area contributed by atoms with Gasteiger partial charge in [-0.15, -0.1) is 0 Å². The van der Waals surface area contributed by atoms with Crippen LogP contribution in [0.2, 0.25) is 0 Å². The molecule has 0 bridgehead atoms. The summed E-state index contributed by atoms with van der Waals surface area (Å²) in [4.78, 5) is 4.38. The number of fused-ring (bicyclic) bond motifs is 1. The first-order chi connectivity index (χ1) is 11.8. The van der Waals surface area contributed by atoms with Crippen molar-refractivity contribution in [2.75, 3.05) is 13.2 Å². The molecule has 1 aliphatic rings. The number of ether oxygens (including phenoxy) is 2. The van der Waals surface area contributed by atoms with E-state index >= 15 is 0 Å². The topological polar surface area (TPSA) is 80.3 Å². The average molecular weight is 319 g/mol. The van der Waals surface area contributed by atoms with Crippen LogP contribution >= 0.6 is 0 Å². The predicted molar refractivity (Wildman–Crippen MR) is 86.4 cm³/mol. The van der Waals surface area contributed by atoms with Gasteiger partial charge in [0.2, 0.25) is 0 Å². The monoisotopic (exact) mass is 319 g/mol. The van der Waals surface area contributed by atoms with Gasteiger partial charge in [-0.05, 0) is 36.4 Å². The lowest BCUT2D eigenvalue weighted by molar-refractivity contribution is 0.171. The van der Waals surface area contributed by atoms with Crippen LogP contribution in [-0.2, 0) is 0 Å². The van der Waals surface area contributed by atoms with Crippen molar-refractivity contribution in [2.45, 2.75) is 0 Å². The van der Waals surface area contributed by atoms with E-state index in [2.05, 4.69) is 11.1 Å². The number of phenols is 1. The third kappa shape index (κ3) is 2.32. The van der Waals surface area contributed by atoms with E-state index in [0.717, 1.165) is 5.56 Å². The van der Waals surface area contributed by atoms with Crippen molar-refractivity contribution in [3.8, 4) is 40.4 Å². The van der Waals surface area contributed by atoms with Gasteiger partial charge in [0, 0.05) is 18.0 Å². The van der Waals surface area contributed by atoms with Crippen molar-refractivity contribution in [1.29, 1.82) is 5.26 Å². The van der Waals surface area contributed by atoms with Gasteiger partial charge in [0.15, 0.2) is 11.5 Å². The molecule has 0 aliphatic carbocycles. The molecule has 24 heavy (non-hydrogen) atoms. The lowest BCUT2D eigenvalue weighted by atomic mass is 10.1. The Morgan fingerprint density at radius 1 is 1.08 bits per heavy atom. The molecule has 0 fully saturated rings. The minimum Gasteiger partial charge on any atom is -0.506 e. The summed E-state index contributed by atoms with van der Waals surface area (Å²) in [5.74, 6) is 2.09. The van der Waals surface area contributed by atoms with Gasteiger partial charge in [-0.3, -0.25) is 4.57 Å². The van der Waals surface area contributed by atoms with Crippen LogP contribution < -0.4 is 9.47 Å². The zero-order valence-electron chi connectivity index (χ0n) is 12.6. The van der Waals surface area contributed by atoms with Gasteiger partial charge in [0.25, 0.3) is 0 Å². The number of aromatic hydroxyl groups is 1. The maximum absolute atomic E-state index is 10.2. The van der Waals surface area contributed by atoms with Gasteiger partial charge < -0.3 is 14.6 Å². The minimum absolute atomic E-state index is 0.0748. The maximum atomic E-state index is 10.2. The van der Waals surface area contributed by atoms with Crippen molar-refractivity contribution in [3.05, 3.63) is 54.4 Å². The van der Waals surface area contributed by atoms with Gasteiger partial charge >= 0.3 is 0 Å². The maximum Gasteiger partial charge on any atom is 0.162 e. The van der Waals surface area contributed by atoms with Crippen LogP contribution in [0.1, 0.15) is 5.56 Å². The molecule has 1 aromatic heterocycles. The summed E-state index contributed by atoms with van der Waals surface area (Å²) in [5, 5.41) is 19.2. The molecule has 1 aliphatic heterocycles. The van der Waals surface area contributed by atoms with Crippen LogP contribution in [0.5, 0.6) is 17.2 Å². The van der Waals surface area contributed by atoms with Crippen LogP contribution in [0.15, 0.2) is 48.8 Å². The Bertz CT molecular complexity index is 956. The highest BCUT2D eigenvalue weighted by molar-refractivity contribution is 5.65. The SMILES string of the molecule is N#Cc1ccc(O)c(-n2ccnc2-c2ccc3c(c2)OCCO3)c1. The summed E-state index contributed by atoms with van der Waals surface area (Å²) in [6, 6.07) is 12.4. The highest BCUT2D eigenvalue weighted by atomic mass is 16.6. The normalized spacial score (nSPS) is 12.6. The minimum atomic E-state index is 0.0748. The van der Waals surface area contributed by atoms with Crippen molar-refractivity contribution in [3.63, 3.8) is 0 Å². The molecule has 2 heterocycles. The summed E-state index contributed by atoms with van der Waals surface area (Å²) < 4.78 is 12.9. The Kier molecular flexibility index (Phi) is 3.32. The summed E-state index contributed by atoms with van der Waals surface area (Å²) in [6.45, 7) is 1.05. The van der Waals surface area contributed by atoms with Crippen LogP contribution in [-0.4, -0.2) is 27.9 Å². The van der Waals surface area contributed by atoms with E-state index in [9.17, 15) is 5.11 Å². The van der Waals surface area contributed by atoms with Crippen LogP contribution in [0.4, 0.5) is 0 Å². The number of nitriles is 1. The molecule has 0 radical (unpaired) electrons. The number of hydrogen-bond donors (Lipinski definition) is 1. The molecule has 0 spiro atoms. The number of benzene rings is 2. The molecule has 118 valence electrons. The van der Waals surface area contributed by atoms with Crippen molar-refractivity contribution < 1.29 is 14.6 Å². The number of imidazole rings is 1. The van der Waals surface area contributed by atoms with Crippen LogP contribution in [0.25, 0.3) is 17.1 Å². The molecule has 4 rings (SSSR count). The molecule has 0 amide bonds. The van der Waals surface area contributed by atoms with Crippen LogP contribution in [0.3, 0.4) is 0 Å². The first-order valence-electron chi connectivity index (χ1n) is 7.43. The lowest BCUT2D eigenvalue weighted by Crippen LogP contribution is -2.15. The van der Waals surface area contributed by atoms with E-state index in [1.807, 2.05) is 18.2 Å². The summed E-state index contributed by atoms with van der Waals surface area (Å²) in [5.41, 5.74) is 1.78. The highest BCUT2D eigenvalue weighted by Crippen LogP contribution is 2.35. The highest BCUT2D eigenvalue weighted by Gasteiger charge is 2.16. The molecule has 2 aromatic carbocycles. The molecule has 1 N–H and O–H groups in total. The molecule has 0 unspecified atom stereocenters. The van der Waals surface area contributed by atoms with E-state index in [1.54, 1.807) is 29.1 Å². The Labute approximate surface area is 138 Å². The van der Waals surface area contributed by atoms with Gasteiger partial charge in [-0.25, -0.2) is 4.98 Å². The smallest absolute Gasteiger partial charge is 0.162 e. The van der Waals surface area contributed by atoms with Crippen molar-refractivity contribution in [1.82, 2.24) is 9.55 Å². The van der Waals surface area contributed by atoms with E-state index in [1.165, 1.54) is 6.07 Å². The number of aromatic nitrogens is 2. The van der Waals surface area contributed by atoms with Crippen molar-refractivity contribution >= 4 is 0 Å². The summed E-state index contributed by atoms with van der Waals surface area (Å²) in [6.07, 6.45) is 3.38. The van der Waals surface area contributed by atoms with Gasteiger partial charge in [0.1, 0.15) is 24.8 Å². The molecule has 3 aromatic rings. The zero-order valence-corrected chi connectivity index (χ0v) is 12.6. The third-order valence-corrected chi connectivity index (χ3v) is 3.81. The Balaban J connectivity index is 1.83. The number of nitrogens with zero attached hydrogens (tertiary/aromatic N) is 3. The molecular formula is C18H13N3O3. The molecule has 6 heteroatoms.